The second kappa shape index (κ2) is 5.14. The molecule has 0 saturated carbocycles. The van der Waals surface area contributed by atoms with Crippen molar-refractivity contribution < 1.29 is 8.42 Å². The van der Waals surface area contributed by atoms with Crippen LogP contribution in [-0.4, -0.2) is 39.6 Å². The van der Waals surface area contributed by atoms with Gasteiger partial charge in [0.05, 0.1) is 4.90 Å². The van der Waals surface area contributed by atoms with Crippen molar-refractivity contribution in [2.24, 2.45) is 0 Å². The molecule has 1 unspecified atom stereocenters. The molecule has 0 aromatic heterocycles. The molecule has 2 rings (SSSR count). The van der Waals surface area contributed by atoms with Gasteiger partial charge >= 0.3 is 0 Å². The summed E-state index contributed by atoms with van der Waals surface area (Å²) in [4.78, 5) is 2.87. The average Bonchev–Trinajstić information content (AvgIpc) is 2.83. The lowest BCUT2D eigenvalue weighted by Crippen LogP contribution is -2.46. The van der Waals surface area contributed by atoms with Crippen LogP contribution in [0, 0.1) is 0 Å². The molecule has 6 heteroatoms. The molecule has 17 heavy (non-hydrogen) atoms. The van der Waals surface area contributed by atoms with Gasteiger partial charge < -0.3 is 5.32 Å². The molecule has 1 saturated heterocycles. The molecule has 2 N–H and O–H groups in total. The lowest BCUT2D eigenvalue weighted by molar-refractivity contribution is 0.225. The summed E-state index contributed by atoms with van der Waals surface area (Å²) in [6, 6.07) is 8.61. The molecule has 1 aromatic carbocycles. The third-order valence-electron chi connectivity index (χ3n) is 2.90. The number of hydrazine groups is 1. The fourth-order valence-corrected chi connectivity index (χ4v) is 3.04. The van der Waals surface area contributed by atoms with Gasteiger partial charge in [-0.1, -0.05) is 18.2 Å². The first-order valence-electron chi connectivity index (χ1n) is 5.60. The van der Waals surface area contributed by atoms with Gasteiger partial charge in [0.2, 0.25) is 0 Å². The van der Waals surface area contributed by atoms with Gasteiger partial charge in [-0.25, -0.2) is 13.4 Å². The van der Waals surface area contributed by atoms with E-state index in [1.165, 1.54) is 0 Å². The van der Waals surface area contributed by atoms with Gasteiger partial charge in [-0.05, 0) is 25.1 Å². The van der Waals surface area contributed by atoms with Gasteiger partial charge in [0.15, 0.2) is 0 Å². The molecule has 1 heterocycles. The van der Waals surface area contributed by atoms with Crippen molar-refractivity contribution in [1.82, 2.24) is 15.2 Å². The molecule has 0 bridgehead atoms. The maximum atomic E-state index is 12.0. The van der Waals surface area contributed by atoms with Crippen LogP contribution in [0.3, 0.4) is 0 Å². The Morgan fingerprint density at radius 2 is 2.06 bits per heavy atom. The molecule has 5 nitrogen and oxygen atoms in total. The van der Waals surface area contributed by atoms with Crippen LogP contribution < -0.4 is 10.1 Å². The predicted octanol–water partition coefficient (Wildman–Crippen LogP) is 0.174. The standard InChI is InChI=1S/C11H17N3O2S/c1-14(10-7-8-12-9-10)13-17(15,16)11-5-3-2-4-6-11/h2-6,10,12-13H,7-9H2,1H3. The fraction of sp³-hybridized carbons (Fsp3) is 0.455. The number of rotatable bonds is 4. The van der Waals surface area contributed by atoms with Crippen molar-refractivity contribution in [3.63, 3.8) is 0 Å². The summed E-state index contributed by atoms with van der Waals surface area (Å²) in [6.45, 7) is 1.75. The molecule has 1 aromatic rings. The number of benzene rings is 1. The highest BCUT2D eigenvalue weighted by molar-refractivity contribution is 7.89. The summed E-state index contributed by atoms with van der Waals surface area (Å²) in [5.41, 5.74) is 0. The Hall–Kier alpha value is -0.950. The highest BCUT2D eigenvalue weighted by Crippen LogP contribution is 2.10. The summed E-state index contributed by atoms with van der Waals surface area (Å²) in [6.07, 6.45) is 0.952. The molecule has 0 aliphatic carbocycles. The number of sulfonamides is 1. The Labute approximate surface area is 102 Å². The highest BCUT2D eigenvalue weighted by Gasteiger charge is 2.23. The van der Waals surface area contributed by atoms with Crippen molar-refractivity contribution in [2.45, 2.75) is 17.4 Å². The first kappa shape index (κ1) is 12.5. The van der Waals surface area contributed by atoms with Crippen molar-refractivity contribution in [2.75, 3.05) is 20.1 Å². The van der Waals surface area contributed by atoms with Gasteiger partial charge in [0, 0.05) is 19.6 Å². The highest BCUT2D eigenvalue weighted by atomic mass is 32.2. The number of nitrogens with one attached hydrogen (secondary N) is 2. The fourth-order valence-electron chi connectivity index (χ4n) is 1.89. The van der Waals surface area contributed by atoms with Crippen molar-refractivity contribution >= 4 is 10.0 Å². The van der Waals surface area contributed by atoms with Gasteiger partial charge in [-0.15, -0.1) is 4.83 Å². The van der Waals surface area contributed by atoms with E-state index in [4.69, 9.17) is 0 Å². The van der Waals surface area contributed by atoms with Crippen LogP contribution in [0.5, 0.6) is 0 Å². The predicted molar refractivity (Wildman–Crippen MR) is 65.8 cm³/mol. The van der Waals surface area contributed by atoms with Crippen molar-refractivity contribution in [3.8, 4) is 0 Å². The lowest BCUT2D eigenvalue weighted by atomic mass is 10.3. The van der Waals surface area contributed by atoms with Crippen molar-refractivity contribution in [3.05, 3.63) is 30.3 Å². The van der Waals surface area contributed by atoms with E-state index in [1.54, 1.807) is 42.4 Å². The molecular weight excluding hydrogens is 238 g/mol. The zero-order valence-electron chi connectivity index (χ0n) is 9.76. The van der Waals surface area contributed by atoms with E-state index in [0.717, 1.165) is 19.5 Å². The van der Waals surface area contributed by atoms with Crippen LogP contribution in [-0.2, 0) is 10.0 Å². The largest absolute Gasteiger partial charge is 0.315 e. The molecule has 0 amide bonds. The third-order valence-corrected chi connectivity index (χ3v) is 4.32. The Balaban J connectivity index is 2.07. The van der Waals surface area contributed by atoms with Crippen LogP contribution in [0.15, 0.2) is 35.2 Å². The zero-order valence-corrected chi connectivity index (χ0v) is 10.6. The summed E-state index contributed by atoms with van der Waals surface area (Å²) >= 11 is 0. The Morgan fingerprint density at radius 3 is 2.65 bits per heavy atom. The topological polar surface area (TPSA) is 61.4 Å². The lowest BCUT2D eigenvalue weighted by Gasteiger charge is -2.23. The second-order valence-electron chi connectivity index (χ2n) is 4.17. The quantitative estimate of drug-likeness (QED) is 0.753. The van der Waals surface area contributed by atoms with Crippen LogP contribution in [0.4, 0.5) is 0 Å². The van der Waals surface area contributed by atoms with Gasteiger partial charge in [-0.3, -0.25) is 0 Å². The Kier molecular flexibility index (Phi) is 3.78. The maximum Gasteiger partial charge on any atom is 0.253 e. The van der Waals surface area contributed by atoms with E-state index >= 15 is 0 Å². The number of hydrogen-bond donors (Lipinski definition) is 2. The first-order valence-corrected chi connectivity index (χ1v) is 7.09. The molecule has 0 radical (unpaired) electrons. The van der Waals surface area contributed by atoms with E-state index in [-0.39, 0.29) is 10.9 Å². The minimum atomic E-state index is -3.45. The van der Waals surface area contributed by atoms with Gasteiger partial charge in [-0.2, -0.15) is 0 Å². The molecule has 94 valence electrons. The van der Waals surface area contributed by atoms with E-state index < -0.39 is 10.0 Å². The number of nitrogens with zero attached hydrogens (tertiary/aromatic N) is 1. The van der Waals surface area contributed by atoms with Crippen LogP contribution in [0.25, 0.3) is 0 Å². The molecular formula is C11H17N3O2S. The molecule has 1 aliphatic rings. The van der Waals surface area contributed by atoms with E-state index in [2.05, 4.69) is 10.1 Å². The molecule has 1 fully saturated rings. The molecule has 0 spiro atoms. The summed E-state index contributed by atoms with van der Waals surface area (Å²) in [5, 5.41) is 4.87. The smallest absolute Gasteiger partial charge is 0.253 e. The molecule has 1 aliphatic heterocycles. The van der Waals surface area contributed by atoms with E-state index in [0.29, 0.717) is 0 Å². The normalized spacial score (nSPS) is 20.9. The average molecular weight is 255 g/mol. The van der Waals surface area contributed by atoms with Gasteiger partial charge in [0.25, 0.3) is 10.0 Å². The number of hydrogen-bond acceptors (Lipinski definition) is 4. The number of likely N-dealkylation sites (N-methyl/N-ethyl adjacent to an activating group) is 1. The molecule has 1 atom stereocenters. The third kappa shape index (κ3) is 3.04. The Morgan fingerprint density at radius 1 is 1.35 bits per heavy atom. The van der Waals surface area contributed by atoms with E-state index in [1.807, 2.05) is 0 Å². The summed E-state index contributed by atoms with van der Waals surface area (Å²) in [5.74, 6) is 0. The summed E-state index contributed by atoms with van der Waals surface area (Å²) in [7, 11) is -1.69. The summed E-state index contributed by atoms with van der Waals surface area (Å²) < 4.78 is 24.1. The zero-order chi connectivity index (χ0) is 12.3. The van der Waals surface area contributed by atoms with Crippen LogP contribution in [0.1, 0.15) is 6.42 Å². The van der Waals surface area contributed by atoms with E-state index in [9.17, 15) is 8.42 Å². The van der Waals surface area contributed by atoms with Crippen LogP contribution >= 0.6 is 0 Å². The SMILES string of the molecule is CN(NS(=O)(=O)c1ccccc1)C1CCNC1. The monoisotopic (exact) mass is 255 g/mol. The van der Waals surface area contributed by atoms with Crippen LogP contribution in [0.2, 0.25) is 0 Å². The Bertz CT molecular complexity index is 455. The first-order chi connectivity index (χ1) is 8.09. The second-order valence-corrected chi connectivity index (χ2v) is 5.83. The minimum absolute atomic E-state index is 0.216. The van der Waals surface area contributed by atoms with Gasteiger partial charge in [0.1, 0.15) is 0 Å². The van der Waals surface area contributed by atoms with Crippen molar-refractivity contribution in [1.29, 1.82) is 0 Å². The minimum Gasteiger partial charge on any atom is -0.315 e. The maximum absolute atomic E-state index is 12.0.